The minimum Gasteiger partial charge on any atom is -0.396 e. The fourth-order valence-corrected chi connectivity index (χ4v) is 1.54. The molecule has 1 amide bonds. The standard InChI is InChI=1S/C12H9BrFN3O/c13-7-1-4-11(16-6-7)12(18)17-8-2-3-10(15)9(14)5-8/h1-6H,15H2,(H,17,18). The number of hydrogen-bond acceptors (Lipinski definition) is 3. The summed E-state index contributed by atoms with van der Waals surface area (Å²) < 4.78 is 14.0. The van der Waals surface area contributed by atoms with Gasteiger partial charge in [0.15, 0.2) is 0 Å². The first kappa shape index (κ1) is 12.5. The first-order valence-corrected chi connectivity index (χ1v) is 5.83. The van der Waals surface area contributed by atoms with Crippen molar-refractivity contribution in [3.8, 4) is 0 Å². The molecule has 0 saturated heterocycles. The summed E-state index contributed by atoms with van der Waals surface area (Å²) in [5.74, 6) is -0.983. The van der Waals surface area contributed by atoms with Crippen molar-refractivity contribution >= 4 is 33.2 Å². The lowest BCUT2D eigenvalue weighted by Crippen LogP contribution is -2.13. The summed E-state index contributed by atoms with van der Waals surface area (Å²) in [6.45, 7) is 0. The number of benzene rings is 1. The molecule has 92 valence electrons. The second kappa shape index (κ2) is 5.14. The molecule has 0 bridgehead atoms. The lowest BCUT2D eigenvalue weighted by Gasteiger charge is -2.05. The van der Waals surface area contributed by atoms with Gasteiger partial charge in [-0.1, -0.05) is 0 Å². The van der Waals surface area contributed by atoms with Gasteiger partial charge in [-0.3, -0.25) is 4.79 Å². The molecule has 18 heavy (non-hydrogen) atoms. The maximum Gasteiger partial charge on any atom is 0.274 e. The number of anilines is 2. The average Bonchev–Trinajstić information content (AvgIpc) is 2.34. The number of nitrogens with one attached hydrogen (secondary N) is 1. The molecule has 0 unspecified atom stereocenters. The molecule has 1 heterocycles. The van der Waals surface area contributed by atoms with Gasteiger partial charge in [-0.2, -0.15) is 0 Å². The Hall–Kier alpha value is -1.95. The highest BCUT2D eigenvalue weighted by Gasteiger charge is 2.08. The van der Waals surface area contributed by atoms with E-state index < -0.39 is 11.7 Å². The normalized spacial score (nSPS) is 10.1. The summed E-state index contributed by atoms with van der Waals surface area (Å²) >= 11 is 3.22. The van der Waals surface area contributed by atoms with E-state index >= 15 is 0 Å². The van der Waals surface area contributed by atoms with Crippen LogP contribution in [-0.4, -0.2) is 10.9 Å². The number of carbonyl (C=O) groups excluding carboxylic acids is 1. The molecule has 0 fully saturated rings. The number of aromatic nitrogens is 1. The third kappa shape index (κ3) is 2.84. The van der Waals surface area contributed by atoms with Crippen LogP contribution in [0.15, 0.2) is 41.0 Å². The highest BCUT2D eigenvalue weighted by molar-refractivity contribution is 9.10. The van der Waals surface area contributed by atoms with Crippen LogP contribution >= 0.6 is 15.9 Å². The Bertz CT molecular complexity index is 586. The van der Waals surface area contributed by atoms with Gasteiger partial charge in [0.05, 0.1) is 5.69 Å². The van der Waals surface area contributed by atoms with Crippen LogP contribution in [0.5, 0.6) is 0 Å². The minimum absolute atomic E-state index is 0.0368. The molecule has 0 saturated carbocycles. The third-order valence-electron chi connectivity index (χ3n) is 2.22. The van der Waals surface area contributed by atoms with Gasteiger partial charge in [-0.25, -0.2) is 9.37 Å². The molecule has 2 aromatic rings. The molecule has 0 aliphatic heterocycles. The number of carbonyl (C=O) groups is 1. The summed E-state index contributed by atoms with van der Waals surface area (Å²) in [5.41, 5.74) is 5.95. The first-order valence-electron chi connectivity index (χ1n) is 5.04. The number of rotatable bonds is 2. The van der Waals surface area contributed by atoms with E-state index in [0.717, 1.165) is 10.5 Å². The molecule has 4 nitrogen and oxygen atoms in total. The molecule has 1 aromatic carbocycles. The quantitative estimate of drug-likeness (QED) is 0.838. The van der Waals surface area contributed by atoms with E-state index in [1.54, 1.807) is 12.1 Å². The van der Waals surface area contributed by atoms with E-state index in [1.807, 2.05) is 0 Å². The molecule has 0 atom stereocenters. The summed E-state index contributed by atoms with van der Waals surface area (Å²) in [4.78, 5) is 15.7. The third-order valence-corrected chi connectivity index (χ3v) is 2.69. The van der Waals surface area contributed by atoms with Gasteiger partial charge in [0, 0.05) is 16.4 Å². The fourth-order valence-electron chi connectivity index (χ4n) is 1.31. The molecule has 2 rings (SSSR count). The lowest BCUT2D eigenvalue weighted by atomic mass is 10.2. The molecule has 1 aromatic heterocycles. The van der Waals surface area contributed by atoms with E-state index in [-0.39, 0.29) is 11.4 Å². The zero-order valence-corrected chi connectivity index (χ0v) is 10.7. The Kier molecular flexibility index (Phi) is 3.57. The van der Waals surface area contributed by atoms with Crippen LogP contribution in [0.2, 0.25) is 0 Å². The van der Waals surface area contributed by atoms with Crippen LogP contribution in [0.3, 0.4) is 0 Å². The Morgan fingerprint density at radius 3 is 2.72 bits per heavy atom. The molecular weight excluding hydrogens is 301 g/mol. The van der Waals surface area contributed by atoms with E-state index in [2.05, 4.69) is 26.2 Å². The van der Waals surface area contributed by atoms with Crippen LogP contribution in [0, 0.1) is 5.82 Å². The van der Waals surface area contributed by atoms with Gasteiger partial charge in [0.25, 0.3) is 5.91 Å². The summed E-state index contributed by atoms with van der Waals surface area (Å²) in [5, 5.41) is 2.53. The smallest absolute Gasteiger partial charge is 0.274 e. The monoisotopic (exact) mass is 309 g/mol. The van der Waals surface area contributed by atoms with Crippen LogP contribution in [0.25, 0.3) is 0 Å². The number of amides is 1. The van der Waals surface area contributed by atoms with E-state index in [4.69, 9.17) is 5.73 Å². The molecule has 0 aliphatic carbocycles. The van der Waals surface area contributed by atoms with E-state index in [1.165, 1.54) is 18.3 Å². The Morgan fingerprint density at radius 2 is 2.11 bits per heavy atom. The van der Waals surface area contributed by atoms with Crippen molar-refractivity contribution in [3.05, 3.63) is 52.5 Å². The number of nitrogens with two attached hydrogens (primary N) is 1. The second-order valence-corrected chi connectivity index (χ2v) is 4.47. The van der Waals surface area contributed by atoms with Crippen molar-refractivity contribution in [2.24, 2.45) is 0 Å². The van der Waals surface area contributed by atoms with Gasteiger partial charge in [0.2, 0.25) is 0 Å². The fraction of sp³-hybridized carbons (Fsp3) is 0. The molecule has 3 N–H and O–H groups in total. The number of nitrogens with zero attached hydrogens (tertiary/aromatic N) is 1. The van der Waals surface area contributed by atoms with Crippen molar-refractivity contribution in [2.45, 2.75) is 0 Å². The minimum atomic E-state index is -0.573. The predicted molar refractivity (Wildman–Crippen MR) is 70.7 cm³/mol. The molecule has 6 heteroatoms. The second-order valence-electron chi connectivity index (χ2n) is 3.55. The molecular formula is C12H9BrFN3O. The molecule has 0 aliphatic rings. The Balaban J connectivity index is 2.16. The molecule has 0 radical (unpaired) electrons. The van der Waals surface area contributed by atoms with Crippen LogP contribution < -0.4 is 11.1 Å². The topological polar surface area (TPSA) is 68.0 Å². The Morgan fingerprint density at radius 1 is 1.33 bits per heavy atom. The zero-order valence-electron chi connectivity index (χ0n) is 9.15. The van der Waals surface area contributed by atoms with Crippen molar-refractivity contribution in [3.63, 3.8) is 0 Å². The Labute approximate surface area is 111 Å². The van der Waals surface area contributed by atoms with Crippen molar-refractivity contribution in [1.82, 2.24) is 4.98 Å². The maximum atomic E-state index is 13.2. The van der Waals surface area contributed by atoms with Crippen LogP contribution in [0.1, 0.15) is 10.5 Å². The van der Waals surface area contributed by atoms with E-state index in [0.29, 0.717) is 5.69 Å². The number of halogens is 2. The highest BCUT2D eigenvalue weighted by Crippen LogP contribution is 2.16. The van der Waals surface area contributed by atoms with Crippen LogP contribution in [0.4, 0.5) is 15.8 Å². The van der Waals surface area contributed by atoms with Gasteiger partial charge >= 0.3 is 0 Å². The highest BCUT2D eigenvalue weighted by atomic mass is 79.9. The largest absolute Gasteiger partial charge is 0.396 e. The molecule has 0 spiro atoms. The summed E-state index contributed by atoms with van der Waals surface area (Å²) in [7, 11) is 0. The number of hydrogen-bond donors (Lipinski definition) is 2. The van der Waals surface area contributed by atoms with Gasteiger partial charge in [0.1, 0.15) is 11.5 Å². The van der Waals surface area contributed by atoms with Gasteiger partial charge in [-0.15, -0.1) is 0 Å². The predicted octanol–water partition coefficient (Wildman–Crippen LogP) is 2.82. The van der Waals surface area contributed by atoms with Gasteiger partial charge in [-0.05, 0) is 46.3 Å². The first-order chi connectivity index (χ1) is 8.56. The van der Waals surface area contributed by atoms with Crippen molar-refractivity contribution < 1.29 is 9.18 Å². The number of nitrogen functional groups attached to an aromatic ring is 1. The van der Waals surface area contributed by atoms with Crippen molar-refractivity contribution in [2.75, 3.05) is 11.1 Å². The maximum absolute atomic E-state index is 13.2. The lowest BCUT2D eigenvalue weighted by molar-refractivity contribution is 0.102. The number of pyridine rings is 1. The summed E-state index contributed by atoms with van der Waals surface area (Å²) in [6, 6.07) is 7.33. The average molecular weight is 310 g/mol. The SMILES string of the molecule is Nc1ccc(NC(=O)c2ccc(Br)cn2)cc1F. The van der Waals surface area contributed by atoms with E-state index in [9.17, 15) is 9.18 Å². The van der Waals surface area contributed by atoms with Gasteiger partial charge < -0.3 is 11.1 Å². The zero-order chi connectivity index (χ0) is 13.1. The van der Waals surface area contributed by atoms with Crippen LogP contribution in [-0.2, 0) is 0 Å². The summed E-state index contributed by atoms with van der Waals surface area (Å²) in [6.07, 6.45) is 1.51. The van der Waals surface area contributed by atoms with Crippen molar-refractivity contribution in [1.29, 1.82) is 0 Å².